The third kappa shape index (κ3) is 24.9. The molecule has 0 rings (SSSR count). The Bertz CT molecular complexity index is 1050. The van der Waals surface area contributed by atoms with Gasteiger partial charge >= 0.3 is 0 Å². The summed E-state index contributed by atoms with van der Waals surface area (Å²) in [5.41, 5.74) is 10.5. The van der Waals surface area contributed by atoms with E-state index >= 15 is 0 Å². The molecule has 0 heteroatoms. The van der Waals surface area contributed by atoms with Gasteiger partial charge in [-0.1, -0.05) is 154 Å². The van der Waals surface area contributed by atoms with Crippen molar-refractivity contribution >= 4 is 0 Å². The van der Waals surface area contributed by atoms with Crippen molar-refractivity contribution in [1.82, 2.24) is 0 Å². The van der Waals surface area contributed by atoms with Crippen LogP contribution in [0.4, 0.5) is 0 Å². The summed E-state index contributed by atoms with van der Waals surface area (Å²) in [4.78, 5) is 0. The molecule has 0 aliphatic rings. The Kier molecular flexibility index (Phi) is 21.5. The van der Waals surface area contributed by atoms with Gasteiger partial charge in [0.2, 0.25) is 0 Å². The van der Waals surface area contributed by atoms with Gasteiger partial charge in [0.25, 0.3) is 0 Å². The number of hydrogen-bond acceptors (Lipinski definition) is 0. The van der Waals surface area contributed by atoms with E-state index in [-0.39, 0.29) is 0 Å². The molecule has 0 aromatic rings. The molecule has 0 fully saturated rings. The molecule has 0 aliphatic heterocycles. The molecule has 0 unspecified atom stereocenters. The Morgan fingerprint density at radius 2 is 0.625 bits per heavy atom. The van der Waals surface area contributed by atoms with Crippen LogP contribution in [-0.4, -0.2) is 0 Å². The maximum atomic E-state index is 2.30. The average Bonchev–Trinajstić information content (AvgIpc) is 2.86. The minimum absolute atomic E-state index is 1.12. The van der Waals surface area contributed by atoms with Crippen molar-refractivity contribution in [2.45, 2.75) is 94.9 Å². The fraction of sp³-hybridized carbons (Fsp3) is 0.350. The van der Waals surface area contributed by atoms with E-state index in [4.69, 9.17) is 0 Å². The summed E-state index contributed by atoms with van der Waals surface area (Å²) in [7, 11) is 0. The van der Waals surface area contributed by atoms with Crippen LogP contribution in [-0.2, 0) is 0 Å². The van der Waals surface area contributed by atoms with Crippen molar-refractivity contribution in [2.24, 2.45) is 0 Å². The van der Waals surface area contributed by atoms with Gasteiger partial charge in [-0.3, -0.25) is 0 Å². The molecular weight excluding hydrogens is 480 g/mol. The van der Waals surface area contributed by atoms with Gasteiger partial charge in [0.15, 0.2) is 0 Å². The molecule has 0 nitrogen and oxygen atoms in total. The predicted octanol–water partition coefficient (Wildman–Crippen LogP) is 12.9. The molecular formula is C40H56. The Balaban J connectivity index is 4.70. The molecule has 0 heterocycles. The molecule has 0 atom stereocenters. The minimum Gasteiger partial charge on any atom is -0.0856 e. The second-order valence-corrected chi connectivity index (χ2v) is 11.1. The second kappa shape index (κ2) is 23.5. The van der Waals surface area contributed by atoms with Crippen LogP contribution in [0.5, 0.6) is 0 Å². The maximum Gasteiger partial charge on any atom is -0.0285 e. The molecule has 0 N–H and O–H groups in total. The number of allylic oxidation sites excluding steroid dienone is 26. The zero-order valence-electron chi connectivity index (χ0n) is 27.2. The van der Waals surface area contributed by atoms with Crippen molar-refractivity contribution in [3.8, 4) is 0 Å². The summed E-state index contributed by atoms with van der Waals surface area (Å²) in [6, 6.07) is 0. The summed E-state index contributed by atoms with van der Waals surface area (Å²) in [5, 5.41) is 0. The maximum absolute atomic E-state index is 2.30. The van der Waals surface area contributed by atoms with Gasteiger partial charge < -0.3 is 0 Å². The average molecular weight is 537 g/mol. The van der Waals surface area contributed by atoms with Crippen molar-refractivity contribution < 1.29 is 0 Å². The van der Waals surface area contributed by atoms with E-state index in [1.807, 2.05) is 0 Å². The molecule has 0 saturated carbocycles. The van der Waals surface area contributed by atoms with Crippen LogP contribution in [0, 0.1) is 0 Å². The normalized spacial score (nSPS) is 15.1. The molecule has 0 spiro atoms. The van der Waals surface area contributed by atoms with Gasteiger partial charge in [-0.15, -0.1) is 0 Å². The fourth-order valence-corrected chi connectivity index (χ4v) is 3.41. The SMILES string of the molecule is CC(C)=CCCC(C)=CC=CC(C)=CC=CC(C)=CC=CC=C(C)/C=C/C=C(C)/C=C/C=C(/C)CCC=C(C)C. The van der Waals surface area contributed by atoms with Crippen LogP contribution in [0.1, 0.15) is 94.9 Å². The lowest BCUT2D eigenvalue weighted by molar-refractivity contribution is 0.967. The topological polar surface area (TPSA) is 0 Å². The Morgan fingerprint density at radius 1 is 0.350 bits per heavy atom. The molecule has 0 aromatic carbocycles. The smallest absolute Gasteiger partial charge is 0.0285 e. The summed E-state index contributed by atoms with van der Waals surface area (Å²) >= 11 is 0. The first-order valence-corrected chi connectivity index (χ1v) is 14.7. The predicted molar refractivity (Wildman–Crippen MR) is 186 cm³/mol. The summed E-state index contributed by atoms with van der Waals surface area (Å²) in [5.74, 6) is 0. The highest BCUT2D eigenvalue weighted by Gasteiger charge is 1.88. The van der Waals surface area contributed by atoms with E-state index in [0.717, 1.165) is 25.7 Å². The van der Waals surface area contributed by atoms with Crippen molar-refractivity contribution in [3.63, 3.8) is 0 Å². The van der Waals surface area contributed by atoms with Crippen LogP contribution in [0.3, 0.4) is 0 Å². The fourth-order valence-electron chi connectivity index (χ4n) is 3.41. The molecule has 40 heavy (non-hydrogen) atoms. The van der Waals surface area contributed by atoms with Crippen molar-refractivity contribution in [2.75, 3.05) is 0 Å². The summed E-state index contributed by atoms with van der Waals surface area (Å²) < 4.78 is 0. The molecule has 0 radical (unpaired) electrons. The third-order valence-electron chi connectivity index (χ3n) is 5.93. The standard InChI is InChI=1S/C40H56/c1-33(2)19-13-23-37(7)27-17-31-39(9)29-15-25-35(5)21-11-12-22-36(6)26-16-30-40(10)32-18-28-38(8)24-14-20-34(3)4/h11-12,15-22,25-32H,13-14,23-24H2,1-10H3/b12-11?,25-15+,26-16?,31-17+,32-18?,35-21?,36-22?,37-27-,38-28?,39-29+,40-30?. The van der Waals surface area contributed by atoms with Gasteiger partial charge in [-0.05, 0) is 94.9 Å². The highest BCUT2D eigenvalue weighted by atomic mass is 13.9. The van der Waals surface area contributed by atoms with Gasteiger partial charge in [-0.25, -0.2) is 0 Å². The Labute approximate surface area is 248 Å². The zero-order chi connectivity index (χ0) is 30.2. The third-order valence-corrected chi connectivity index (χ3v) is 5.93. The van der Waals surface area contributed by atoms with Crippen LogP contribution in [0.2, 0.25) is 0 Å². The largest absolute Gasteiger partial charge is 0.0856 e. The van der Waals surface area contributed by atoms with E-state index in [1.54, 1.807) is 0 Å². The van der Waals surface area contributed by atoms with Crippen LogP contribution < -0.4 is 0 Å². The summed E-state index contributed by atoms with van der Waals surface area (Å²) in [6.45, 7) is 21.5. The molecule has 0 aliphatic carbocycles. The Morgan fingerprint density at radius 3 is 0.925 bits per heavy atom. The lowest BCUT2D eigenvalue weighted by Crippen LogP contribution is -1.76. The highest BCUT2D eigenvalue weighted by molar-refractivity contribution is 5.32. The zero-order valence-corrected chi connectivity index (χ0v) is 27.2. The van der Waals surface area contributed by atoms with E-state index in [0.29, 0.717) is 0 Å². The molecule has 0 saturated heterocycles. The monoisotopic (exact) mass is 536 g/mol. The number of hydrogen-bond donors (Lipinski definition) is 0. The van der Waals surface area contributed by atoms with E-state index in [1.165, 1.54) is 44.6 Å². The van der Waals surface area contributed by atoms with E-state index in [9.17, 15) is 0 Å². The van der Waals surface area contributed by atoms with Crippen LogP contribution in [0.25, 0.3) is 0 Å². The van der Waals surface area contributed by atoms with Gasteiger partial charge in [0.05, 0.1) is 0 Å². The Hall–Kier alpha value is -3.38. The minimum atomic E-state index is 1.12. The van der Waals surface area contributed by atoms with Crippen LogP contribution >= 0.6 is 0 Å². The number of rotatable bonds is 16. The molecule has 0 aromatic heterocycles. The highest BCUT2D eigenvalue weighted by Crippen LogP contribution is 2.09. The quantitative estimate of drug-likeness (QED) is 0.136. The van der Waals surface area contributed by atoms with Gasteiger partial charge in [0.1, 0.15) is 0 Å². The van der Waals surface area contributed by atoms with E-state index in [2.05, 4.69) is 179 Å². The molecule has 0 bridgehead atoms. The van der Waals surface area contributed by atoms with Crippen LogP contribution in [0.15, 0.2) is 154 Å². The lowest BCUT2D eigenvalue weighted by atomic mass is 10.1. The lowest BCUT2D eigenvalue weighted by Gasteiger charge is -1.96. The first-order valence-electron chi connectivity index (χ1n) is 14.7. The first kappa shape index (κ1) is 36.6. The van der Waals surface area contributed by atoms with Crippen molar-refractivity contribution in [1.29, 1.82) is 0 Å². The van der Waals surface area contributed by atoms with Gasteiger partial charge in [0, 0.05) is 0 Å². The summed E-state index contributed by atoms with van der Waals surface area (Å²) in [6.07, 6.45) is 43.3. The van der Waals surface area contributed by atoms with Gasteiger partial charge in [-0.2, -0.15) is 0 Å². The van der Waals surface area contributed by atoms with E-state index < -0.39 is 0 Å². The first-order chi connectivity index (χ1) is 19.0. The molecule has 0 amide bonds. The van der Waals surface area contributed by atoms with Crippen molar-refractivity contribution in [3.05, 3.63) is 154 Å². The second-order valence-electron chi connectivity index (χ2n) is 11.1. The molecule has 216 valence electrons.